The molecule has 4 nitrogen and oxygen atoms in total. The molecule has 0 aliphatic carbocycles. The minimum atomic E-state index is -0.386. The van der Waals surface area contributed by atoms with Crippen LogP contribution in [0.25, 0.3) is 0 Å². The van der Waals surface area contributed by atoms with Crippen LogP contribution in [0.15, 0.2) is 72.8 Å². The Hall–Kier alpha value is -3.12. The van der Waals surface area contributed by atoms with Crippen LogP contribution < -0.4 is 10.2 Å². The molecule has 1 atom stereocenters. The number of halogens is 1. The highest BCUT2D eigenvalue weighted by molar-refractivity contribution is 8.00. The Morgan fingerprint density at radius 1 is 1.06 bits per heavy atom. The van der Waals surface area contributed by atoms with Crippen molar-refractivity contribution in [3.05, 3.63) is 95.3 Å². The van der Waals surface area contributed by atoms with Gasteiger partial charge in [0.1, 0.15) is 11.2 Å². The van der Waals surface area contributed by atoms with Crippen LogP contribution in [0.1, 0.15) is 46.6 Å². The molecule has 4 rings (SSSR count). The van der Waals surface area contributed by atoms with Crippen molar-refractivity contribution in [3.8, 4) is 0 Å². The lowest BCUT2D eigenvalue weighted by atomic mass is 10.0. The van der Waals surface area contributed by atoms with E-state index in [1.165, 1.54) is 29.8 Å². The molecule has 0 aromatic heterocycles. The minimum absolute atomic E-state index is 0.0630. The maximum atomic E-state index is 13.1. The largest absolute Gasteiger partial charge is 0.322 e. The highest BCUT2D eigenvalue weighted by atomic mass is 32.2. The molecular weight excluding hydrogens is 411 g/mol. The van der Waals surface area contributed by atoms with Crippen molar-refractivity contribution in [2.24, 2.45) is 0 Å². The zero-order chi connectivity index (χ0) is 22.0. The predicted molar refractivity (Wildman–Crippen MR) is 124 cm³/mol. The van der Waals surface area contributed by atoms with E-state index in [1.54, 1.807) is 17.8 Å². The van der Waals surface area contributed by atoms with Crippen molar-refractivity contribution < 1.29 is 14.0 Å². The van der Waals surface area contributed by atoms with Crippen molar-refractivity contribution in [2.45, 2.75) is 25.1 Å². The van der Waals surface area contributed by atoms with Gasteiger partial charge in [-0.1, -0.05) is 38.1 Å². The van der Waals surface area contributed by atoms with Gasteiger partial charge in [0, 0.05) is 16.9 Å². The summed E-state index contributed by atoms with van der Waals surface area (Å²) in [6.45, 7) is 4.28. The SMILES string of the molecule is CC(C)c1ccc(N2C(=O)CS[C@H]2c2cccc(NC(=O)c3ccc(F)cc3)c2)cc1. The zero-order valence-electron chi connectivity index (χ0n) is 17.3. The first kappa shape index (κ1) is 21.1. The molecule has 2 amide bonds. The molecule has 1 fully saturated rings. The van der Waals surface area contributed by atoms with E-state index in [2.05, 4.69) is 31.3 Å². The second-order valence-corrected chi connectivity index (χ2v) is 8.83. The van der Waals surface area contributed by atoms with Crippen molar-refractivity contribution >= 4 is 35.0 Å². The molecule has 1 N–H and O–H groups in total. The fourth-order valence-electron chi connectivity index (χ4n) is 3.54. The van der Waals surface area contributed by atoms with Crippen LogP contribution in [0.4, 0.5) is 15.8 Å². The molecule has 0 radical (unpaired) electrons. The minimum Gasteiger partial charge on any atom is -0.322 e. The second-order valence-electron chi connectivity index (χ2n) is 7.76. The fourth-order valence-corrected chi connectivity index (χ4v) is 4.71. The molecule has 3 aromatic carbocycles. The molecule has 6 heteroatoms. The van der Waals surface area contributed by atoms with Gasteiger partial charge in [-0.15, -0.1) is 11.8 Å². The highest BCUT2D eigenvalue weighted by Gasteiger charge is 2.34. The third-order valence-electron chi connectivity index (χ3n) is 5.24. The molecule has 158 valence electrons. The van der Waals surface area contributed by atoms with Gasteiger partial charge in [0.2, 0.25) is 5.91 Å². The van der Waals surface area contributed by atoms with Gasteiger partial charge in [0.25, 0.3) is 5.91 Å². The smallest absolute Gasteiger partial charge is 0.255 e. The standard InChI is InChI=1S/C25H23FN2O2S/c1-16(2)17-8-12-22(13-9-17)28-23(29)15-31-25(28)19-4-3-5-21(14-19)27-24(30)18-6-10-20(26)11-7-18/h3-14,16,25H,15H2,1-2H3,(H,27,30)/t25-/m0/s1. The zero-order valence-corrected chi connectivity index (χ0v) is 18.2. The Morgan fingerprint density at radius 2 is 1.77 bits per heavy atom. The first-order chi connectivity index (χ1) is 14.9. The fraction of sp³-hybridized carbons (Fsp3) is 0.200. The lowest BCUT2D eigenvalue weighted by Crippen LogP contribution is -2.27. The second kappa shape index (κ2) is 8.94. The number of amides is 2. The Balaban J connectivity index is 1.56. The summed E-state index contributed by atoms with van der Waals surface area (Å²) in [6, 6.07) is 21.0. The molecule has 0 saturated carbocycles. The van der Waals surface area contributed by atoms with Crippen molar-refractivity contribution in [2.75, 3.05) is 16.0 Å². The Morgan fingerprint density at radius 3 is 2.45 bits per heavy atom. The van der Waals surface area contributed by atoms with Gasteiger partial charge in [-0.25, -0.2) is 4.39 Å². The summed E-state index contributed by atoms with van der Waals surface area (Å²) in [4.78, 5) is 27.0. The summed E-state index contributed by atoms with van der Waals surface area (Å²) >= 11 is 1.56. The van der Waals surface area contributed by atoms with E-state index in [-0.39, 0.29) is 23.0 Å². The van der Waals surface area contributed by atoms with Gasteiger partial charge in [0.05, 0.1) is 5.75 Å². The van der Waals surface area contributed by atoms with Gasteiger partial charge < -0.3 is 5.32 Å². The molecule has 0 spiro atoms. The van der Waals surface area contributed by atoms with Crippen LogP contribution in [0.3, 0.4) is 0 Å². The van der Waals surface area contributed by atoms with Gasteiger partial charge in [-0.05, 0) is 65.6 Å². The monoisotopic (exact) mass is 434 g/mol. The summed E-state index contributed by atoms with van der Waals surface area (Å²) in [5.74, 6) is 0.197. The predicted octanol–water partition coefficient (Wildman–Crippen LogP) is 5.98. The van der Waals surface area contributed by atoms with E-state index in [9.17, 15) is 14.0 Å². The summed E-state index contributed by atoms with van der Waals surface area (Å²) in [5.41, 5.74) is 4.03. The number of thioether (sulfide) groups is 1. The number of anilines is 2. The van der Waals surface area contributed by atoms with E-state index in [0.29, 0.717) is 22.9 Å². The van der Waals surface area contributed by atoms with Crippen molar-refractivity contribution in [1.82, 2.24) is 0 Å². The number of carbonyl (C=O) groups excluding carboxylic acids is 2. The van der Waals surface area contributed by atoms with Gasteiger partial charge in [-0.2, -0.15) is 0 Å². The van der Waals surface area contributed by atoms with Crippen LogP contribution in [-0.4, -0.2) is 17.6 Å². The Kier molecular flexibility index (Phi) is 6.09. The third kappa shape index (κ3) is 4.64. The van der Waals surface area contributed by atoms with E-state index in [0.717, 1.165) is 11.3 Å². The summed E-state index contributed by atoms with van der Waals surface area (Å²) in [6.07, 6.45) is 0. The number of rotatable bonds is 5. The van der Waals surface area contributed by atoms with Crippen molar-refractivity contribution in [3.63, 3.8) is 0 Å². The maximum Gasteiger partial charge on any atom is 0.255 e. The Bertz CT molecular complexity index is 1100. The van der Waals surface area contributed by atoms with Crippen LogP contribution >= 0.6 is 11.8 Å². The van der Waals surface area contributed by atoms with Gasteiger partial charge in [0.15, 0.2) is 0 Å². The summed E-state index contributed by atoms with van der Waals surface area (Å²) in [7, 11) is 0. The van der Waals surface area contributed by atoms with E-state index in [4.69, 9.17) is 0 Å². The van der Waals surface area contributed by atoms with Gasteiger partial charge >= 0.3 is 0 Å². The van der Waals surface area contributed by atoms with Crippen molar-refractivity contribution in [1.29, 1.82) is 0 Å². The number of nitrogens with one attached hydrogen (secondary N) is 1. The van der Waals surface area contributed by atoms with Crippen LogP contribution in [0.2, 0.25) is 0 Å². The molecule has 3 aromatic rings. The van der Waals surface area contributed by atoms with Crippen LogP contribution in [0, 0.1) is 5.82 Å². The maximum absolute atomic E-state index is 13.1. The molecular formula is C25H23FN2O2S. The molecule has 31 heavy (non-hydrogen) atoms. The summed E-state index contributed by atoms with van der Waals surface area (Å²) in [5, 5.41) is 2.69. The Labute approximate surface area is 185 Å². The van der Waals surface area contributed by atoms with Crippen LogP contribution in [-0.2, 0) is 4.79 Å². The third-order valence-corrected chi connectivity index (χ3v) is 6.45. The average Bonchev–Trinajstić information content (AvgIpc) is 3.16. The van der Waals surface area contributed by atoms with E-state index < -0.39 is 0 Å². The molecule has 1 saturated heterocycles. The number of hydrogen-bond donors (Lipinski definition) is 1. The number of carbonyl (C=O) groups is 2. The lowest BCUT2D eigenvalue weighted by Gasteiger charge is -2.25. The molecule has 1 aliphatic rings. The lowest BCUT2D eigenvalue weighted by molar-refractivity contribution is -0.115. The molecule has 0 unspecified atom stereocenters. The normalized spacial score (nSPS) is 16.1. The summed E-state index contributed by atoms with van der Waals surface area (Å²) < 4.78 is 13.1. The average molecular weight is 435 g/mol. The topological polar surface area (TPSA) is 49.4 Å². The number of hydrogen-bond acceptors (Lipinski definition) is 3. The first-order valence-corrected chi connectivity index (χ1v) is 11.2. The number of benzene rings is 3. The molecule has 0 bridgehead atoms. The quantitative estimate of drug-likeness (QED) is 0.537. The van der Waals surface area contributed by atoms with E-state index in [1.807, 2.05) is 35.2 Å². The molecule has 1 aliphatic heterocycles. The molecule has 1 heterocycles. The van der Waals surface area contributed by atoms with Gasteiger partial charge in [-0.3, -0.25) is 14.5 Å². The first-order valence-electron chi connectivity index (χ1n) is 10.1. The number of nitrogens with zero attached hydrogens (tertiary/aromatic N) is 1. The van der Waals surface area contributed by atoms with Crippen LogP contribution in [0.5, 0.6) is 0 Å². The highest BCUT2D eigenvalue weighted by Crippen LogP contribution is 2.42. The van der Waals surface area contributed by atoms with E-state index >= 15 is 0 Å².